The lowest BCUT2D eigenvalue weighted by atomic mass is 9.65. The Bertz CT molecular complexity index is 1130. The van der Waals surface area contributed by atoms with E-state index in [4.69, 9.17) is 21.1 Å². The first-order chi connectivity index (χ1) is 17.2. The molecule has 1 aliphatic rings. The molecular weight excluding hydrogens is 548 g/mol. The number of aliphatic hydroxyl groups is 4. The standard InChI is InChI=1S/C28H30BrClO6/c1-35-26-24(32)27(33,16-19-7-11-21(29)12-8-19)28(34,17-20-9-13-22(30)14-10-20)25(36-26)23(31)15-18-5-3-2-4-6-18/h2-14,23-26,31-34H,15-17H2,1H3/t23?,24-,25+,26-,27+,28+/m0/s1. The van der Waals surface area contributed by atoms with Crippen molar-refractivity contribution in [3.05, 3.63) is 105 Å². The van der Waals surface area contributed by atoms with Crippen LogP contribution in [0.4, 0.5) is 0 Å². The lowest BCUT2D eigenvalue weighted by molar-refractivity contribution is -0.369. The highest BCUT2D eigenvalue weighted by Crippen LogP contribution is 2.44. The zero-order valence-corrected chi connectivity index (χ0v) is 22.1. The van der Waals surface area contributed by atoms with Gasteiger partial charge in [0.15, 0.2) is 6.29 Å². The molecular formula is C28H30BrClO6. The molecule has 0 saturated carbocycles. The van der Waals surface area contributed by atoms with E-state index in [1.54, 1.807) is 36.4 Å². The van der Waals surface area contributed by atoms with E-state index >= 15 is 0 Å². The number of benzene rings is 3. The van der Waals surface area contributed by atoms with Crippen LogP contribution in [0.15, 0.2) is 83.3 Å². The maximum atomic E-state index is 12.3. The molecule has 0 bridgehead atoms. The molecule has 0 spiro atoms. The van der Waals surface area contributed by atoms with Gasteiger partial charge in [0, 0.05) is 35.9 Å². The van der Waals surface area contributed by atoms with Crippen LogP contribution in [0.1, 0.15) is 16.7 Å². The highest BCUT2D eigenvalue weighted by atomic mass is 79.9. The monoisotopic (exact) mass is 576 g/mol. The SMILES string of the molecule is CO[C@H]1O[C@H](C(O)Cc2ccccc2)[C@](O)(Cc2ccc(Cl)cc2)[C@@](O)(Cc2ccc(Br)cc2)[C@H]1O. The van der Waals surface area contributed by atoms with Gasteiger partial charge in [-0.15, -0.1) is 0 Å². The van der Waals surface area contributed by atoms with Crippen LogP contribution < -0.4 is 0 Å². The van der Waals surface area contributed by atoms with Crippen LogP contribution in [-0.4, -0.2) is 63.3 Å². The molecule has 4 N–H and O–H groups in total. The summed E-state index contributed by atoms with van der Waals surface area (Å²) in [5, 5.41) is 47.7. The van der Waals surface area contributed by atoms with Gasteiger partial charge in [0.2, 0.25) is 0 Å². The van der Waals surface area contributed by atoms with Crippen molar-refractivity contribution in [2.45, 2.75) is 55.1 Å². The predicted octanol–water partition coefficient (Wildman–Crippen LogP) is 3.69. The molecule has 1 unspecified atom stereocenters. The van der Waals surface area contributed by atoms with E-state index in [1.165, 1.54) is 7.11 Å². The first kappa shape index (κ1) is 27.2. The van der Waals surface area contributed by atoms with Crippen molar-refractivity contribution in [2.75, 3.05) is 7.11 Å². The minimum absolute atomic E-state index is 0.108. The molecule has 6 atom stereocenters. The van der Waals surface area contributed by atoms with Gasteiger partial charge in [-0.3, -0.25) is 0 Å². The molecule has 3 aromatic rings. The summed E-state index contributed by atoms with van der Waals surface area (Å²) in [4.78, 5) is 0. The summed E-state index contributed by atoms with van der Waals surface area (Å²) < 4.78 is 12.2. The number of halogens is 2. The second-order valence-corrected chi connectivity index (χ2v) is 10.7. The molecule has 1 aliphatic heterocycles. The molecule has 192 valence electrons. The fraction of sp³-hybridized carbons (Fsp3) is 0.357. The van der Waals surface area contributed by atoms with Gasteiger partial charge in [-0.05, 0) is 41.0 Å². The first-order valence-electron chi connectivity index (χ1n) is 11.7. The molecule has 3 aromatic carbocycles. The van der Waals surface area contributed by atoms with Gasteiger partial charge >= 0.3 is 0 Å². The third-order valence-corrected chi connectivity index (χ3v) is 7.67. The number of aliphatic hydroxyl groups excluding tert-OH is 2. The normalized spacial score (nSPS) is 29.1. The molecule has 0 amide bonds. The molecule has 1 fully saturated rings. The Morgan fingerprint density at radius 3 is 2.03 bits per heavy atom. The highest BCUT2D eigenvalue weighted by Gasteiger charge is 2.65. The fourth-order valence-electron chi connectivity index (χ4n) is 4.95. The van der Waals surface area contributed by atoms with Gasteiger partial charge in [-0.25, -0.2) is 0 Å². The third kappa shape index (κ3) is 5.54. The van der Waals surface area contributed by atoms with Gasteiger partial charge < -0.3 is 29.9 Å². The van der Waals surface area contributed by atoms with Crippen molar-refractivity contribution in [3.8, 4) is 0 Å². The van der Waals surface area contributed by atoms with Crippen molar-refractivity contribution in [1.82, 2.24) is 0 Å². The topological polar surface area (TPSA) is 99.4 Å². The molecule has 4 rings (SSSR count). The largest absolute Gasteiger partial charge is 0.390 e. The van der Waals surface area contributed by atoms with Crippen LogP contribution in [-0.2, 0) is 28.7 Å². The first-order valence-corrected chi connectivity index (χ1v) is 12.9. The van der Waals surface area contributed by atoms with Gasteiger partial charge in [-0.2, -0.15) is 0 Å². The Morgan fingerprint density at radius 2 is 1.44 bits per heavy atom. The zero-order chi connectivity index (χ0) is 25.9. The van der Waals surface area contributed by atoms with Crippen molar-refractivity contribution in [2.24, 2.45) is 0 Å². The Kier molecular flexibility index (Phi) is 8.54. The molecule has 8 heteroatoms. The van der Waals surface area contributed by atoms with Crippen molar-refractivity contribution in [3.63, 3.8) is 0 Å². The van der Waals surface area contributed by atoms with Crippen LogP contribution in [0.3, 0.4) is 0 Å². The Morgan fingerprint density at radius 1 is 0.889 bits per heavy atom. The summed E-state index contributed by atoms with van der Waals surface area (Å²) in [6, 6.07) is 23.4. The summed E-state index contributed by atoms with van der Waals surface area (Å²) in [6.07, 6.45) is -5.44. The Labute approximate surface area is 224 Å². The van der Waals surface area contributed by atoms with Gasteiger partial charge in [0.05, 0.1) is 6.10 Å². The highest BCUT2D eigenvalue weighted by molar-refractivity contribution is 9.10. The zero-order valence-electron chi connectivity index (χ0n) is 19.8. The molecule has 0 aromatic heterocycles. The summed E-state index contributed by atoms with van der Waals surface area (Å²) in [7, 11) is 1.35. The molecule has 0 aliphatic carbocycles. The summed E-state index contributed by atoms with van der Waals surface area (Å²) in [6.45, 7) is 0. The van der Waals surface area contributed by atoms with Gasteiger partial charge in [-0.1, -0.05) is 82.1 Å². The van der Waals surface area contributed by atoms with E-state index < -0.39 is 35.8 Å². The number of hydrogen-bond acceptors (Lipinski definition) is 6. The number of methoxy groups -OCH3 is 1. The number of rotatable bonds is 8. The quantitative estimate of drug-likeness (QED) is 0.326. The van der Waals surface area contributed by atoms with Gasteiger partial charge in [0.25, 0.3) is 0 Å². The fourth-order valence-corrected chi connectivity index (χ4v) is 5.34. The second-order valence-electron chi connectivity index (χ2n) is 9.32. The Hall–Kier alpha value is -1.81. The van der Waals surface area contributed by atoms with E-state index in [2.05, 4.69) is 15.9 Å². The van der Waals surface area contributed by atoms with Crippen molar-refractivity contribution in [1.29, 1.82) is 0 Å². The van der Waals surface area contributed by atoms with Gasteiger partial charge in [0.1, 0.15) is 23.4 Å². The van der Waals surface area contributed by atoms with E-state index in [1.807, 2.05) is 42.5 Å². The molecule has 1 heterocycles. The van der Waals surface area contributed by atoms with E-state index in [0.717, 1.165) is 10.0 Å². The van der Waals surface area contributed by atoms with Crippen LogP contribution in [0.25, 0.3) is 0 Å². The molecule has 0 radical (unpaired) electrons. The maximum absolute atomic E-state index is 12.3. The minimum Gasteiger partial charge on any atom is -0.390 e. The second kappa shape index (κ2) is 11.3. The predicted molar refractivity (Wildman–Crippen MR) is 141 cm³/mol. The maximum Gasteiger partial charge on any atom is 0.186 e. The lowest BCUT2D eigenvalue weighted by Crippen LogP contribution is -2.77. The van der Waals surface area contributed by atoms with Crippen molar-refractivity contribution >= 4 is 27.5 Å². The van der Waals surface area contributed by atoms with Crippen LogP contribution in [0, 0.1) is 0 Å². The minimum atomic E-state index is -2.14. The average molecular weight is 578 g/mol. The van der Waals surface area contributed by atoms with Crippen molar-refractivity contribution < 1.29 is 29.9 Å². The number of hydrogen-bond donors (Lipinski definition) is 4. The van der Waals surface area contributed by atoms with Crippen LogP contribution in [0.5, 0.6) is 0 Å². The third-order valence-electron chi connectivity index (χ3n) is 6.89. The Balaban J connectivity index is 1.79. The van der Waals surface area contributed by atoms with E-state index in [-0.39, 0.29) is 19.3 Å². The molecule has 36 heavy (non-hydrogen) atoms. The summed E-state index contributed by atoms with van der Waals surface area (Å²) in [5.74, 6) is 0. The number of ether oxygens (including phenoxy) is 2. The van der Waals surface area contributed by atoms with E-state index in [9.17, 15) is 20.4 Å². The summed E-state index contributed by atoms with van der Waals surface area (Å²) in [5.41, 5.74) is -2.07. The molecule has 6 nitrogen and oxygen atoms in total. The lowest BCUT2D eigenvalue weighted by Gasteiger charge is -2.56. The van der Waals surface area contributed by atoms with E-state index in [0.29, 0.717) is 16.1 Å². The van der Waals surface area contributed by atoms with Crippen LogP contribution in [0.2, 0.25) is 5.02 Å². The van der Waals surface area contributed by atoms with Crippen LogP contribution >= 0.6 is 27.5 Å². The summed E-state index contributed by atoms with van der Waals surface area (Å²) >= 11 is 9.46. The molecule has 1 saturated heterocycles. The average Bonchev–Trinajstić information content (AvgIpc) is 2.86. The smallest absolute Gasteiger partial charge is 0.186 e.